The second-order valence-corrected chi connectivity index (χ2v) is 8.41. The zero-order chi connectivity index (χ0) is 21.3. The Balaban J connectivity index is 1.67. The molecule has 2 fully saturated rings. The van der Waals surface area contributed by atoms with Crippen LogP contribution in [-0.4, -0.2) is 73.2 Å². The van der Waals surface area contributed by atoms with E-state index in [1.165, 1.54) is 11.0 Å². The van der Waals surface area contributed by atoms with Crippen molar-refractivity contribution >= 4 is 23.6 Å². The third-order valence-corrected chi connectivity index (χ3v) is 5.06. The number of cyclic esters (lactones) is 1. The molecule has 2 atom stereocenters. The third kappa shape index (κ3) is 4.72. The lowest BCUT2D eigenvalue weighted by atomic mass is 10.1. The second kappa shape index (κ2) is 8.06. The maximum absolute atomic E-state index is 14.8. The van der Waals surface area contributed by atoms with Crippen molar-refractivity contribution in [3.8, 4) is 0 Å². The Hall–Kier alpha value is -2.55. The van der Waals surface area contributed by atoms with E-state index in [0.29, 0.717) is 30.9 Å². The summed E-state index contributed by atoms with van der Waals surface area (Å²) in [5, 5.41) is 9.14. The maximum Gasteiger partial charge on any atom is 0.414 e. The highest BCUT2D eigenvalue weighted by atomic mass is 19.1. The molecule has 0 aliphatic carbocycles. The van der Waals surface area contributed by atoms with Gasteiger partial charge in [0.05, 0.1) is 24.5 Å². The van der Waals surface area contributed by atoms with Crippen LogP contribution in [0.2, 0.25) is 0 Å². The predicted octanol–water partition coefficient (Wildman–Crippen LogP) is 2.59. The third-order valence-electron chi connectivity index (χ3n) is 5.06. The summed E-state index contributed by atoms with van der Waals surface area (Å²) in [6.45, 7) is 6.36. The molecule has 0 radical (unpaired) electrons. The van der Waals surface area contributed by atoms with E-state index in [0.717, 1.165) is 0 Å². The van der Waals surface area contributed by atoms with Gasteiger partial charge in [-0.3, -0.25) is 4.90 Å². The largest absolute Gasteiger partial charge is 0.444 e. The van der Waals surface area contributed by atoms with E-state index in [9.17, 15) is 14.0 Å². The smallest absolute Gasteiger partial charge is 0.414 e. The van der Waals surface area contributed by atoms with E-state index in [4.69, 9.17) is 14.6 Å². The lowest BCUT2D eigenvalue weighted by molar-refractivity contribution is 0.0292. The van der Waals surface area contributed by atoms with Crippen LogP contribution in [0.4, 0.5) is 25.4 Å². The Morgan fingerprint density at radius 1 is 1.38 bits per heavy atom. The van der Waals surface area contributed by atoms with E-state index < -0.39 is 23.6 Å². The fourth-order valence-corrected chi connectivity index (χ4v) is 3.52. The quantitative estimate of drug-likeness (QED) is 0.823. The highest BCUT2D eigenvalue weighted by molar-refractivity contribution is 5.90. The molecule has 0 spiro atoms. The van der Waals surface area contributed by atoms with Crippen LogP contribution in [0.25, 0.3) is 0 Å². The van der Waals surface area contributed by atoms with Crippen LogP contribution in [0.1, 0.15) is 27.2 Å². The van der Waals surface area contributed by atoms with Crippen molar-refractivity contribution in [2.24, 2.45) is 0 Å². The molecule has 0 aromatic heterocycles. The van der Waals surface area contributed by atoms with Crippen molar-refractivity contribution in [2.75, 3.05) is 43.1 Å². The average Bonchev–Trinajstić information content (AvgIpc) is 3.26. The van der Waals surface area contributed by atoms with Gasteiger partial charge in [0.25, 0.3) is 0 Å². The van der Waals surface area contributed by atoms with Crippen molar-refractivity contribution in [3.05, 3.63) is 24.0 Å². The summed E-state index contributed by atoms with van der Waals surface area (Å²) in [6, 6.07) is 4.50. The zero-order valence-electron chi connectivity index (χ0n) is 17.2. The molecule has 1 aromatic carbocycles. The standard InChI is InChI=1S/C20H28FN3O5/c1-20(2,3)29-18(26)23-8-7-14(10-23)22(4)17-6-5-13(9-16(17)21)24-11-15(12-25)28-19(24)27/h5-6,9,14-15,25H,7-8,10-12H2,1-4H3/t14-,15-/m1/s1. The van der Waals surface area contributed by atoms with Gasteiger partial charge in [-0.15, -0.1) is 0 Å². The Bertz CT molecular complexity index is 782. The molecule has 0 bridgehead atoms. The maximum atomic E-state index is 14.8. The minimum absolute atomic E-state index is 0.0432. The summed E-state index contributed by atoms with van der Waals surface area (Å²) < 4.78 is 25.2. The minimum atomic E-state index is -0.606. The first-order valence-corrected chi connectivity index (χ1v) is 9.68. The highest BCUT2D eigenvalue weighted by Crippen LogP contribution is 2.30. The van der Waals surface area contributed by atoms with Gasteiger partial charge in [-0.1, -0.05) is 0 Å². The number of aliphatic hydroxyl groups excluding tert-OH is 1. The van der Waals surface area contributed by atoms with Gasteiger partial charge in [0, 0.05) is 26.2 Å². The number of aliphatic hydroxyl groups is 1. The number of amides is 2. The molecule has 2 heterocycles. The summed E-state index contributed by atoms with van der Waals surface area (Å²) in [5.41, 5.74) is 0.202. The van der Waals surface area contributed by atoms with Gasteiger partial charge >= 0.3 is 12.2 Å². The Kier molecular flexibility index (Phi) is 5.88. The van der Waals surface area contributed by atoms with Crippen LogP contribution in [0, 0.1) is 5.82 Å². The zero-order valence-corrected chi connectivity index (χ0v) is 17.2. The number of hydrogen-bond donors (Lipinski definition) is 1. The first-order chi connectivity index (χ1) is 13.6. The molecule has 2 amide bonds. The highest BCUT2D eigenvalue weighted by Gasteiger charge is 2.34. The number of benzene rings is 1. The number of ether oxygens (including phenoxy) is 2. The van der Waals surface area contributed by atoms with Gasteiger partial charge in [-0.2, -0.15) is 0 Å². The summed E-state index contributed by atoms with van der Waals surface area (Å²) in [6.07, 6.45) is -0.873. The summed E-state index contributed by atoms with van der Waals surface area (Å²) in [4.78, 5) is 28.9. The summed E-state index contributed by atoms with van der Waals surface area (Å²) in [5.74, 6) is -0.471. The number of likely N-dealkylation sites (tertiary alicyclic amines) is 1. The van der Waals surface area contributed by atoms with Crippen LogP contribution in [0.3, 0.4) is 0 Å². The van der Waals surface area contributed by atoms with Gasteiger partial charge in [0.1, 0.15) is 17.5 Å². The molecule has 0 unspecified atom stereocenters. The predicted molar refractivity (Wildman–Crippen MR) is 106 cm³/mol. The molecule has 8 nitrogen and oxygen atoms in total. The normalized spacial score (nSPS) is 22.1. The number of rotatable bonds is 4. The Morgan fingerprint density at radius 3 is 2.69 bits per heavy atom. The number of nitrogens with zero attached hydrogens (tertiary/aromatic N) is 3. The van der Waals surface area contributed by atoms with Gasteiger partial charge in [0.2, 0.25) is 0 Å². The molecule has 1 aromatic rings. The Labute approximate surface area is 169 Å². The van der Waals surface area contributed by atoms with Crippen molar-refractivity contribution in [1.82, 2.24) is 4.90 Å². The van der Waals surface area contributed by atoms with E-state index in [1.807, 2.05) is 25.7 Å². The molecule has 2 saturated heterocycles. The van der Waals surface area contributed by atoms with Crippen molar-refractivity contribution < 1.29 is 28.6 Å². The first kappa shape index (κ1) is 21.2. The Morgan fingerprint density at radius 2 is 2.10 bits per heavy atom. The van der Waals surface area contributed by atoms with Crippen LogP contribution in [0.15, 0.2) is 18.2 Å². The molecule has 160 valence electrons. The van der Waals surface area contributed by atoms with Gasteiger partial charge in [-0.25, -0.2) is 14.0 Å². The molecule has 2 aliphatic rings. The molecule has 9 heteroatoms. The van der Waals surface area contributed by atoms with E-state index in [-0.39, 0.29) is 25.3 Å². The van der Waals surface area contributed by atoms with Crippen LogP contribution in [-0.2, 0) is 9.47 Å². The first-order valence-electron chi connectivity index (χ1n) is 9.68. The van der Waals surface area contributed by atoms with Crippen LogP contribution < -0.4 is 9.80 Å². The van der Waals surface area contributed by atoms with Gasteiger partial charge in [0.15, 0.2) is 0 Å². The lowest BCUT2D eigenvalue weighted by Crippen LogP contribution is -2.39. The molecule has 29 heavy (non-hydrogen) atoms. The SMILES string of the molecule is CN(c1ccc(N2C[C@H](CO)OC2=O)cc1F)[C@@H]1CCN(C(=O)OC(C)(C)C)C1. The fraction of sp³-hybridized carbons (Fsp3) is 0.600. The molecule has 0 saturated carbocycles. The monoisotopic (exact) mass is 409 g/mol. The molecule has 2 aliphatic heterocycles. The lowest BCUT2D eigenvalue weighted by Gasteiger charge is -2.28. The number of carbonyl (C=O) groups excluding carboxylic acids is 2. The number of likely N-dealkylation sites (N-methyl/N-ethyl adjacent to an activating group) is 1. The van der Waals surface area contributed by atoms with Crippen molar-refractivity contribution in [3.63, 3.8) is 0 Å². The number of hydrogen-bond acceptors (Lipinski definition) is 6. The molecule has 3 rings (SSSR count). The van der Waals surface area contributed by atoms with Crippen molar-refractivity contribution in [1.29, 1.82) is 0 Å². The topological polar surface area (TPSA) is 82.5 Å². The number of carbonyl (C=O) groups is 2. The molecular formula is C20H28FN3O5. The average molecular weight is 409 g/mol. The number of anilines is 2. The van der Waals surface area contributed by atoms with E-state index >= 15 is 0 Å². The molecule has 1 N–H and O–H groups in total. The minimum Gasteiger partial charge on any atom is -0.444 e. The van der Waals surface area contributed by atoms with E-state index in [2.05, 4.69) is 0 Å². The number of halogens is 1. The summed E-state index contributed by atoms with van der Waals surface area (Å²) in [7, 11) is 1.78. The molecular weight excluding hydrogens is 381 g/mol. The fourth-order valence-electron chi connectivity index (χ4n) is 3.52. The summed E-state index contributed by atoms with van der Waals surface area (Å²) >= 11 is 0. The van der Waals surface area contributed by atoms with Gasteiger partial charge in [-0.05, 0) is 45.4 Å². The van der Waals surface area contributed by atoms with Crippen LogP contribution >= 0.6 is 0 Å². The van der Waals surface area contributed by atoms with Crippen LogP contribution in [0.5, 0.6) is 0 Å². The van der Waals surface area contributed by atoms with Crippen molar-refractivity contribution in [2.45, 2.75) is 44.9 Å². The van der Waals surface area contributed by atoms with E-state index in [1.54, 1.807) is 24.1 Å². The second-order valence-electron chi connectivity index (χ2n) is 8.41. The van der Waals surface area contributed by atoms with Gasteiger partial charge < -0.3 is 24.4 Å².